The fraction of sp³-hybridized carbons (Fsp3) is 0.311. The molecule has 0 radical (unpaired) electrons. The first-order valence-corrected chi connectivity index (χ1v) is 20.8. The lowest BCUT2D eigenvalue weighted by molar-refractivity contribution is 0.591. The lowest BCUT2D eigenvalue weighted by atomic mass is 9.83. The highest BCUT2D eigenvalue weighted by molar-refractivity contribution is 6.88. The van der Waals surface area contributed by atoms with Gasteiger partial charge in [-0.25, -0.2) is 0 Å². The van der Waals surface area contributed by atoms with Gasteiger partial charge in [-0.1, -0.05) is 122 Å². The largest absolute Gasteiger partial charge is 0.455 e. The summed E-state index contributed by atoms with van der Waals surface area (Å²) in [6.45, 7) is 20.4. The van der Waals surface area contributed by atoms with Gasteiger partial charge in [0.15, 0.2) is 0 Å². The zero-order chi connectivity index (χ0) is 36.8. The van der Waals surface area contributed by atoms with Crippen molar-refractivity contribution in [1.29, 1.82) is 0 Å². The SMILES string of the molecule is [2H]C([2H])([2H])c1cnc(-c2cccc3c2oc2cc4c(ccc5ccc(C(C)(C)C)cc54)cc23)cc1-c1c(C(C)C)cc([Si](C)(C)C)cc1C(C)C. The Hall–Kier alpha value is -4.21. The summed E-state index contributed by atoms with van der Waals surface area (Å²) in [5.41, 5.74) is 8.89. The summed E-state index contributed by atoms with van der Waals surface area (Å²) in [5.74, 6) is 0.414. The highest BCUT2D eigenvalue weighted by Gasteiger charge is 2.25. The first kappa shape index (κ1) is 28.8. The Morgan fingerprint density at radius 2 is 1.38 bits per heavy atom. The monoisotopic (exact) mass is 650 g/mol. The number of fused-ring (bicyclic) bond motifs is 6. The molecule has 5 aromatic carbocycles. The van der Waals surface area contributed by atoms with Crippen LogP contribution in [0.5, 0.6) is 0 Å². The highest BCUT2D eigenvalue weighted by Crippen LogP contribution is 2.42. The van der Waals surface area contributed by atoms with E-state index in [1.165, 1.54) is 43.4 Å². The van der Waals surface area contributed by atoms with Crippen molar-refractivity contribution in [3.8, 4) is 22.4 Å². The molecule has 48 heavy (non-hydrogen) atoms. The van der Waals surface area contributed by atoms with Crippen molar-refractivity contribution >= 4 is 56.7 Å². The Bertz CT molecular complexity index is 2460. The van der Waals surface area contributed by atoms with E-state index in [-0.39, 0.29) is 22.8 Å². The molecule has 0 N–H and O–H groups in total. The molecular formula is C45H49NOSi. The molecule has 2 nitrogen and oxygen atoms in total. The number of nitrogens with zero attached hydrogens (tertiary/aromatic N) is 1. The number of pyridine rings is 1. The van der Waals surface area contributed by atoms with E-state index in [4.69, 9.17) is 13.5 Å². The topological polar surface area (TPSA) is 26.0 Å². The van der Waals surface area contributed by atoms with Crippen LogP contribution in [0.1, 0.15) is 86.7 Å². The highest BCUT2D eigenvalue weighted by atomic mass is 28.3. The van der Waals surface area contributed by atoms with Gasteiger partial charge in [0, 0.05) is 26.6 Å². The van der Waals surface area contributed by atoms with Crippen LogP contribution in [0.3, 0.4) is 0 Å². The number of hydrogen-bond acceptors (Lipinski definition) is 2. The molecular weight excluding hydrogens is 599 g/mol. The lowest BCUT2D eigenvalue weighted by Gasteiger charge is -2.27. The molecule has 7 aromatic rings. The predicted molar refractivity (Wildman–Crippen MR) is 212 cm³/mol. The minimum absolute atomic E-state index is 0.0396. The average Bonchev–Trinajstić information content (AvgIpc) is 3.42. The normalized spacial score (nSPS) is 14.0. The van der Waals surface area contributed by atoms with E-state index >= 15 is 0 Å². The van der Waals surface area contributed by atoms with Crippen molar-refractivity contribution in [3.63, 3.8) is 0 Å². The van der Waals surface area contributed by atoms with Gasteiger partial charge in [0.05, 0.1) is 13.8 Å². The number of benzene rings is 5. The molecule has 0 bridgehead atoms. The molecule has 0 unspecified atom stereocenters. The predicted octanol–water partition coefficient (Wildman–Crippen LogP) is 13.0. The third-order valence-corrected chi connectivity index (χ3v) is 12.1. The summed E-state index contributed by atoms with van der Waals surface area (Å²) < 4.78 is 32.6. The Labute approximate surface area is 291 Å². The van der Waals surface area contributed by atoms with Crippen LogP contribution in [0.2, 0.25) is 19.6 Å². The van der Waals surface area contributed by atoms with Crippen molar-refractivity contribution in [2.45, 2.75) is 92.2 Å². The van der Waals surface area contributed by atoms with Crippen molar-refractivity contribution in [1.82, 2.24) is 4.98 Å². The number of aromatic nitrogens is 1. The van der Waals surface area contributed by atoms with Crippen LogP contribution in [0, 0.1) is 6.85 Å². The fourth-order valence-electron chi connectivity index (χ4n) is 7.17. The van der Waals surface area contributed by atoms with Crippen LogP contribution in [-0.4, -0.2) is 13.1 Å². The molecule has 0 aliphatic rings. The summed E-state index contributed by atoms with van der Waals surface area (Å²) in [6, 6.07) is 28.5. The van der Waals surface area contributed by atoms with Crippen molar-refractivity contribution in [2.75, 3.05) is 0 Å². The van der Waals surface area contributed by atoms with Gasteiger partial charge in [-0.3, -0.25) is 4.98 Å². The maximum absolute atomic E-state index is 8.60. The van der Waals surface area contributed by atoms with Gasteiger partial charge in [0.2, 0.25) is 0 Å². The Morgan fingerprint density at radius 1 is 0.708 bits per heavy atom. The molecule has 0 saturated carbocycles. The van der Waals surface area contributed by atoms with E-state index in [2.05, 4.69) is 129 Å². The van der Waals surface area contributed by atoms with Crippen LogP contribution in [-0.2, 0) is 5.41 Å². The number of rotatable bonds is 5. The average molecular weight is 651 g/mol. The summed E-state index contributed by atoms with van der Waals surface area (Å²) >= 11 is 0. The molecule has 0 spiro atoms. The summed E-state index contributed by atoms with van der Waals surface area (Å²) in [7, 11) is -1.65. The second kappa shape index (κ2) is 11.4. The third-order valence-electron chi connectivity index (χ3n) is 10.1. The number of aryl methyl sites for hydroxylation is 1. The van der Waals surface area contributed by atoms with Crippen LogP contribution < -0.4 is 5.19 Å². The minimum atomic E-state index is -2.33. The quantitative estimate of drug-likeness (QED) is 0.137. The first-order chi connectivity index (χ1) is 23.8. The van der Waals surface area contributed by atoms with Crippen molar-refractivity contribution in [3.05, 3.63) is 107 Å². The zero-order valence-electron chi connectivity index (χ0n) is 33.1. The Kier molecular flexibility index (Phi) is 6.86. The van der Waals surface area contributed by atoms with Crippen LogP contribution >= 0.6 is 0 Å². The van der Waals surface area contributed by atoms with Gasteiger partial charge in [0.25, 0.3) is 0 Å². The zero-order valence-corrected chi connectivity index (χ0v) is 31.1. The molecule has 0 aliphatic heterocycles. The van der Waals surface area contributed by atoms with E-state index in [0.717, 1.165) is 38.6 Å². The summed E-state index contributed by atoms with van der Waals surface area (Å²) in [4.78, 5) is 4.84. The second-order valence-corrected chi connectivity index (χ2v) is 21.4. The van der Waals surface area contributed by atoms with Gasteiger partial charge >= 0.3 is 0 Å². The molecule has 244 valence electrons. The van der Waals surface area contributed by atoms with E-state index in [0.29, 0.717) is 5.69 Å². The molecule has 7 rings (SSSR count). The van der Waals surface area contributed by atoms with Crippen molar-refractivity contribution < 1.29 is 8.53 Å². The smallest absolute Gasteiger partial charge is 0.144 e. The second-order valence-electron chi connectivity index (χ2n) is 16.3. The van der Waals surface area contributed by atoms with Crippen LogP contribution in [0.25, 0.3) is 65.9 Å². The van der Waals surface area contributed by atoms with E-state index < -0.39 is 14.9 Å². The summed E-state index contributed by atoms with van der Waals surface area (Å²) in [6.07, 6.45) is 1.58. The molecule has 2 heterocycles. The van der Waals surface area contributed by atoms with Gasteiger partial charge in [-0.05, 0) is 109 Å². The van der Waals surface area contributed by atoms with E-state index in [1.54, 1.807) is 6.20 Å². The molecule has 0 fully saturated rings. The number of hydrogen-bond donors (Lipinski definition) is 0. The molecule has 0 atom stereocenters. The number of para-hydroxylation sites is 1. The van der Waals surface area contributed by atoms with Gasteiger partial charge in [0.1, 0.15) is 11.2 Å². The minimum Gasteiger partial charge on any atom is -0.455 e. The first-order valence-electron chi connectivity index (χ1n) is 18.8. The van der Waals surface area contributed by atoms with Gasteiger partial charge < -0.3 is 4.42 Å². The maximum Gasteiger partial charge on any atom is 0.144 e. The molecule has 0 saturated heterocycles. The molecule has 3 heteroatoms. The van der Waals surface area contributed by atoms with Gasteiger partial charge in [-0.15, -0.1) is 0 Å². The lowest BCUT2D eigenvalue weighted by Crippen LogP contribution is -2.38. The maximum atomic E-state index is 8.60. The van der Waals surface area contributed by atoms with E-state index in [1.807, 2.05) is 18.2 Å². The van der Waals surface area contributed by atoms with Gasteiger partial charge in [-0.2, -0.15) is 0 Å². The third kappa shape index (κ3) is 5.46. The summed E-state index contributed by atoms with van der Waals surface area (Å²) in [5, 5.41) is 8.22. The van der Waals surface area contributed by atoms with Crippen LogP contribution in [0.4, 0.5) is 0 Å². The Balaban J connectivity index is 1.49. The Morgan fingerprint density at radius 3 is 2.02 bits per heavy atom. The molecule has 0 aliphatic carbocycles. The molecule has 2 aromatic heterocycles. The van der Waals surface area contributed by atoms with Crippen LogP contribution in [0.15, 0.2) is 89.5 Å². The number of furan rings is 1. The molecule has 0 amide bonds. The van der Waals surface area contributed by atoms with E-state index in [9.17, 15) is 0 Å². The van der Waals surface area contributed by atoms with Crippen molar-refractivity contribution in [2.24, 2.45) is 0 Å². The fourth-order valence-corrected chi connectivity index (χ4v) is 8.34. The standard InChI is InChI=1S/C45H49NOSi/c1-26(2)35-21-32(48(9,10)11)22-36(27(3)4)43(35)37-23-41(46-25-28(37)5)34-14-12-13-33-40-19-30-16-15-29-17-18-31(45(6,7)8)20-38(29)39(30)24-42(40)47-44(33)34/h12-27H,1-11H3/i5D3.